The Bertz CT molecular complexity index is 801. The minimum atomic E-state index is -0.953. The summed E-state index contributed by atoms with van der Waals surface area (Å²) in [6.45, 7) is 11.2. The molecule has 5 amide bonds. The first-order chi connectivity index (χ1) is 12.5. The summed E-state index contributed by atoms with van der Waals surface area (Å²) in [5.41, 5.74) is 4.32. The second-order valence-corrected chi connectivity index (χ2v) is 7.57. The van der Waals surface area contributed by atoms with Crippen LogP contribution in [0.5, 0.6) is 0 Å². The summed E-state index contributed by atoms with van der Waals surface area (Å²) < 4.78 is 0. The van der Waals surface area contributed by atoms with Gasteiger partial charge in [-0.05, 0) is 55.9 Å². The Labute approximate surface area is 159 Å². The number of nitrogens with zero attached hydrogens (tertiary/aromatic N) is 2. The van der Waals surface area contributed by atoms with Gasteiger partial charge in [0.1, 0.15) is 6.54 Å². The molecule has 7 nitrogen and oxygen atoms in total. The third kappa shape index (κ3) is 4.35. The Morgan fingerprint density at radius 3 is 2.07 bits per heavy atom. The number of nitrogens with one attached hydrogen (secondary N) is 1. The zero-order valence-corrected chi connectivity index (χ0v) is 16.8. The molecule has 1 atom stereocenters. The highest BCUT2D eigenvalue weighted by Crippen LogP contribution is 2.22. The zero-order chi connectivity index (χ0) is 20.5. The molecule has 0 aromatic heterocycles. The molecule has 0 bridgehead atoms. The fourth-order valence-corrected chi connectivity index (χ4v) is 3.17. The minimum Gasteiger partial charge on any atom is -0.348 e. The van der Waals surface area contributed by atoms with Gasteiger partial charge in [-0.1, -0.05) is 26.0 Å². The Balaban J connectivity index is 2.07. The Morgan fingerprint density at radius 2 is 1.48 bits per heavy atom. The molecule has 1 saturated heterocycles. The highest BCUT2D eigenvalue weighted by molar-refractivity contribution is 6.45. The smallest absolute Gasteiger partial charge is 0.334 e. The monoisotopic (exact) mass is 373 g/mol. The van der Waals surface area contributed by atoms with E-state index in [9.17, 15) is 19.2 Å². The van der Waals surface area contributed by atoms with Crippen LogP contribution < -0.4 is 5.32 Å². The summed E-state index contributed by atoms with van der Waals surface area (Å²) in [6.07, 6.45) is 0. The van der Waals surface area contributed by atoms with Crippen molar-refractivity contribution in [1.29, 1.82) is 0 Å². The summed E-state index contributed by atoms with van der Waals surface area (Å²) in [5, 5.41) is 2.81. The largest absolute Gasteiger partial charge is 0.348 e. The molecule has 0 unspecified atom stereocenters. The minimum absolute atomic E-state index is 0.0345. The highest BCUT2D eigenvalue weighted by Gasteiger charge is 2.45. The van der Waals surface area contributed by atoms with Gasteiger partial charge in [0.25, 0.3) is 0 Å². The fourth-order valence-electron chi connectivity index (χ4n) is 3.17. The molecule has 1 heterocycles. The molecule has 1 aliphatic heterocycles. The third-order valence-electron chi connectivity index (χ3n) is 4.71. The average molecular weight is 373 g/mol. The number of imide groups is 2. The number of benzene rings is 1. The second-order valence-electron chi connectivity index (χ2n) is 7.57. The molecule has 27 heavy (non-hydrogen) atoms. The lowest BCUT2D eigenvalue weighted by atomic mass is 9.96. The van der Waals surface area contributed by atoms with Crippen molar-refractivity contribution in [2.45, 2.75) is 47.6 Å². The number of hydrogen-bond acceptors (Lipinski definition) is 4. The molecule has 1 aromatic rings. The van der Waals surface area contributed by atoms with E-state index in [4.69, 9.17) is 0 Å². The Kier molecular flexibility index (Phi) is 6.03. The van der Waals surface area contributed by atoms with Crippen molar-refractivity contribution in [2.75, 3.05) is 13.1 Å². The van der Waals surface area contributed by atoms with Gasteiger partial charge in [-0.2, -0.15) is 0 Å². The summed E-state index contributed by atoms with van der Waals surface area (Å²) in [6, 6.07) is 3.06. The van der Waals surface area contributed by atoms with Crippen LogP contribution in [-0.4, -0.2) is 46.6 Å². The van der Waals surface area contributed by atoms with Gasteiger partial charge in [0.2, 0.25) is 5.91 Å². The molecule has 0 saturated carbocycles. The topological polar surface area (TPSA) is 86.8 Å². The molecule has 7 heteroatoms. The van der Waals surface area contributed by atoms with Crippen molar-refractivity contribution in [3.05, 3.63) is 34.4 Å². The highest BCUT2D eigenvalue weighted by atomic mass is 16.2. The molecule has 0 aliphatic carbocycles. The molecule has 0 radical (unpaired) electrons. The molecule has 0 spiro atoms. The van der Waals surface area contributed by atoms with Crippen LogP contribution in [0.2, 0.25) is 0 Å². The first-order valence-corrected chi connectivity index (χ1v) is 9.07. The fraction of sp³-hybridized carbons (Fsp3) is 0.500. The van der Waals surface area contributed by atoms with Crippen LogP contribution in [0.1, 0.15) is 49.1 Å². The number of hydrogen-bond donors (Lipinski definition) is 1. The standard InChI is InChI=1S/C20H27N3O4/c1-11(2)9-22-18(25)19(26)23(20(22)27)10-17(24)21-15(6)16-8-13(4)12(3)7-14(16)5/h7-8,11,15H,9-10H2,1-6H3,(H,21,24)/t15-/m1/s1. The molecule has 1 aliphatic rings. The lowest BCUT2D eigenvalue weighted by molar-refractivity contribution is -0.144. The second kappa shape index (κ2) is 7.90. The molecule has 2 rings (SSSR count). The van der Waals surface area contributed by atoms with E-state index in [1.54, 1.807) is 0 Å². The summed E-state index contributed by atoms with van der Waals surface area (Å²) in [4.78, 5) is 50.4. The molecule has 1 aromatic carbocycles. The number of carbonyl (C=O) groups excluding carboxylic acids is 4. The van der Waals surface area contributed by atoms with E-state index in [1.807, 2.05) is 47.6 Å². The SMILES string of the molecule is Cc1cc(C)c([C@@H](C)NC(=O)CN2C(=O)C(=O)N(CC(C)C)C2=O)cc1C. The van der Waals surface area contributed by atoms with Crippen molar-refractivity contribution in [3.63, 3.8) is 0 Å². The maximum Gasteiger partial charge on any atom is 0.334 e. The number of carbonyl (C=O) groups is 4. The zero-order valence-electron chi connectivity index (χ0n) is 16.8. The van der Waals surface area contributed by atoms with Gasteiger partial charge in [0.05, 0.1) is 6.04 Å². The van der Waals surface area contributed by atoms with Crippen molar-refractivity contribution in [1.82, 2.24) is 15.1 Å². The summed E-state index contributed by atoms with van der Waals surface area (Å²) >= 11 is 0. The van der Waals surface area contributed by atoms with Crippen LogP contribution in [0, 0.1) is 26.7 Å². The van der Waals surface area contributed by atoms with Crippen molar-refractivity contribution >= 4 is 23.8 Å². The van der Waals surface area contributed by atoms with E-state index in [-0.39, 0.29) is 18.5 Å². The molecule has 146 valence electrons. The molecular formula is C20H27N3O4. The van der Waals surface area contributed by atoms with E-state index in [0.29, 0.717) is 4.90 Å². The lowest BCUT2D eigenvalue weighted by Crippen LogP contribution is -2.42. The van der Waals surface area contributed by atoms with Crippen LogP contribution in [0.25, 0.3) is 0 Å². The first kappa shape index (κ1) is 20.6. The van der Waals surface area contributed by atoms with Crippen LogP contribution in [0.4, 0.5) is 4.79 Å². The Hall–Kier alpha value is -2.70. The first-order valence-electron chi connectivity index (χ1n) is 9.07. The number of amides is 5. The van der Waals surface area contributed by atoms with E-state index in [2.05, 4.69) is 11.4 Å². The normalized spacial score (nSPS) is 15.7. The van der Waals surface area contributed by atoms with Gasteiger partial charge in [0, 0.05) is 6.54 Å². The van der Waals surface area contributed by atoms with E-state index >= 15 is 0 Å². The van der Waals surface area contributed by atoms with Gasteiger partial charge in [-0.3, -0.25) is 19.3 Å². The average Bonchev–Trinajstić information content (AvgIpc) is 2.75. The van der Waals surface area contributed by atoms with Gasteiger partial charge in [-0.25, -0.2) is 9.69 Å². The van der Waals surface area contributed by atoms with Gasteiger partial charge >= 0.3 is 17.8 Å². The van der Waals surface area contributed by atoms with Gasteiger partial charge in [-0.15, -0.1) is 0 Å². The van der Waals surface area contributed by atoms with E-state index in [0.717, 1.165) is 21.6 Å². The Morgan fingerprint density at radius 1 is 0.926 bits per heavy atom. The van der Waals surface area contributed by atoms with Crippen molar-refractivity contribution in [3.8, 4) is 0 Å². The van der Waals surface area contributed by atoms with E-state index < -0.39 is 30.3 Å². The van der Waals surface area contributed by atoms with Gasteiger partial charge in [0.15, 0.2) is 0 Å². The quantitative estimate of drug-likeness (QED) is 0.612. The van der Waals surface area contributed by atoms with Crippen molar-refractivity contribution < 1.29 is 19.2 Å². The van der Waals surface area contributed by atoms with Crippen LogP contribution in [-0.2, 0) is 14.4 Å². The maximum absolute atomic E-state index is 12.4. The third-order valence-corrected chi connectivity index (χ3v) is 4.71. The summed E-state index contributed by atoms with van der Waals surface area (Å²) in [7, 11) is 0. The number of rotatable bonds is 6. The van der Waals surface area contributed by atoms with Crippen LogP contribution in [0.3, 0.4) is 0 Å². The molecule has 1 N–H and O–H groups in total. The summed E-state index contributed by atoms with van der Waals surface area (Å²) in [5.74, 6) is -2.28. The van der Waals surface area contributed by atoms with Crippen LogP contribution in [0.15, 0.2) is 12.1 Å². The van der Waals surface area contributed by atoms with E-state index in [1.165, 1.54) is 5.56 Å². The number of urea groups is 1. The lowest BCUT2D eigenvalue weighted by Gasteiger charge is -2.20. The van der Waals surface area contributed by atoms with Crippen LogP contribution >= 0.6 is 0 Å². The molecule has 1 fully saturated rings. The maximum atomic E-state index is 12.4. The molecular weight excluding hydrogens is 346 g/mol. The van der Waals surface area contributed by atoms with Gasteiger partial charge < -0.3 is 5.32 Å². The predicted octanol–water partition coefficient (Wildman–Crippen LogP) is 2.24. The predicted molar refractivity (Wildman–Crippen MR) is 101 cm³/mol. The number of aryl methyl sites for hydroxylation is 3. The van der Waals surface area contributed by atoms with Crippen molar-refractivity contribution in [2.24, 2.45) is 5.92 Å².